The van der Waals surface area contributed by atoms with Gasteiger partial charge in [-0.05, 0) is 12.1 Å². The van der Waals surface area contributed by atoms with E-state index in [0.29, 0.717) is 18.7 Å². The number of aliphatic hydroxyl groups is 1. The maximum Gasteiger partial charge on any atom is 0.269 e. The maximum absolute atomic E-state index is 11.6. The van der Waals surface area contributed by atoms with Gasteiger partial charge in [0.1, 0.15) is 17.4 Å². The normalized spacial score (nSPS) is 16.7. The average Bonchev–Trinajstić information content (AvgIpc) is 2.33. The summed E-state index contributed by atoms with van der Waals surface area (Å²) in [7, 11) is 0. The van der Waals surface area contributed by atoms with E-state index in [0.717, 1.165) is 0 Å². The summed E-state index contributed by atoms with van der Waals surface area (Å²) in [5.41, 5.74) is -0.203. The third-order valence-corrected chi connectivity index (χ3v) is 2.61. The summed E-state index contributed by atoms with van der Waals surface area (Å²) >= 11 is 0. The predicted octanol–water partition coefficient (Wildman–Crippen LogP) is -0.983. The Balaban J connectivity index is 1.93. The Morgan fingerprint density at radius 3 is 2.88 bits per heavy atom. The van der Waals surface area contributed by atoms with Crippen LogP contribution in [0.15, 0.2) is 18.3 Å². The number of pyridine rings is 1. The van der Waals surface area contributed by atoms with Crippen molar-refractivity contribution in [2.24, 2.45) is 0 Å². The Kier molecular flexibility index (Phi) is 3.04. The van der Waals surface area contributed by atoms with Crippen LogP contribution in [0.3, 0.4) is 0 Å². The van der Waals surface area contributed by atoms with Gasteiger partial charge in [0.2, 0.25) is 0 Å². The molecule has 1 aromatic heterocycles. The molecule has 1 saturated heterocycles. The van der Waals surface area contributed by atoms with Crippen molar-refractivity contribution in [3.05, 3.63) is 29.6 Å². The van der Waals surface area contributed by atoms with Crippen molar-refractivity contribution in [3.63, 3.8) is 0 Å². The fraction of sp³-hybridized carbons (Fsp3) is 0.364. The molecule has 1 fully saturated rings. The van der Waals surface area contributed by atoms with Gasteiger partial charge >= 0.3 is 0 Å². The number of nitrogens with one attached hydrogen (secondary N) is 2. The highest BCUT2D eigenvalue weighted by molar-refractivity contribution is 5.92. The van der Waals surface area contributed by atoms with Gasteiger partial charge in [0.25, 0.3) is 5.91 Å². The first kappa shape index (κ1) is 11.5. The Bertz CT molecular complexity index is 459. The van der Waals surface area contributed by atoms with Crippen molar-refractivity contribution >= 4 is 5.91 Å². The summed E-state index contributed by atoms with van der Waals surface area (Å²) in [5.74, 6) is -0.352. The molecule has 6 nitrogen and oxygen atoms in total. The van der Waals surface area contributed by atoms with E-state index in [1.54, 1.807) is 0 Å². The molecule has 2 rings (SSSR count). The average molecular weight is 232 g/mol. The molecule has 17 heavy (non-hydrogen) atoms. The smallest absolute Gasteiger partial charge is 0.269 e. The van der Waals surface area contributed by atoms with Crippen molar-refractivity contribution < 1.29 is 9.90 Å². The lowest BCUT2D eigenvalue weighted by Crippen LogP contribution is -2.64. The van der Waals surface area contributed by atoms with Crippen LogP contribution in [0.5, 0.6) is 0 Å². The molecule has 1 amide bonds. The van der Waals surface area contributed by atoms with Gasteiger partial charge in [-0.3, -0.25) is 4.79 Å². The second kappa shape index (κ2) is 4.49. The van der Waals surface area contributed by atoms with Gasteiger partial charge in [0.05, 0.1) is 5.56 Å². The number of carbonyl (C=O) groups is 1. The minimum absolute atomic E-state index is 0.195. The number of amides is 1. The molecule has 2 heterocycles. The number of hydrogen-bond acceptors (Lipinski definition) is 5. The second-order valence-corrected chi connectivity index (χ2v) is 4.05. The lowest BCUT2D eigenvalue weighted by Gasteiger charge is -2.37. The first-order chi connectivity index (χ1) is 8.13. The number of hydrogen-bond donors (Lipinski definition) is 3. The predicted molar refractivity (Wildman–Crippen MR) is 59.1 cm³/mol. The third-order valence-electron chi connectivity index (χ3n) is 2.61. The molecule has 0 atom stereocenters. The fourth-order valence-electron chi connectivity index (χ4n) is 1.47. The molecule has 6 heteroatoms. The zero-order valence-electron chi connectivity index (χ0n) is 9.10. The van der Waals surface area contributed by atoms with Crippen LogP contribution in [-0.2, 0) is 0 Å². The molecular weight excluding hydrogens is 220 g/mol. The maximum atomic E-state index is 11.6. The molecule has 0 bridgehead atoms. The molecule has 0 radical (unpaired) electrons. The first-order valence-electron chi connectivity index (χ1n) is 5.20. The summed E-state index contributed by atoms with van der Waals surface area (Å²) < 4.78 is 0. The standard InChI is InChI=1S/C11H12N4O2/c12-3-8-1-2-9(14-4-8)10(16)15-7-11(17)5-13-6-11/h1-2,4,13,17H,5-7H2,(H,15,16). The zero-order valence-corrected chi connectivity index (χ0v) is 9.10. The van der Waals surface area contributed by atoms with Crippen molar-refractivity contribution in [2.75, 3.05) is 19.6 Å². The minimum Gasteiger partial charge on any atom is -0.385 e. The highest BCUT2D eigenvalue weighted by atomic mass is 16.3. The van der Waals surface area contributed by atoms with Gasteiger partial charge in [-0.2, -0.15) is 5.26 Å². The zero-order chi connectivity index (χ0) is 12.3. The van der Waals surface area contributed by atoms with Crippen LogP contribution < -0.4 is 10.6 Å². The number of β-amino-alcohol motifs (C(OH)–C–C–N with tert-alkyl or cyclic N) is 1. The van der Waals surface area contributed by atoms with E-state index in [1.165, 1.54) is 18.3 Å². The number of aromatic nitrogens is 1. The van der Waals surface area contributed by atoms with Crippen LogP contribution >= 0.6 is 0 Å². The summed E-state index contributed by atoms with van der Waals surface area (Å²) in [6, 6.07) is 4.94. The van der Waals surface area contributed by atoms with Crippen LogP contribution in [0, 0.1) is 11.3 Å². The van der Waals surface area contributed by atoms with Crippen molar-refractivity contribution in [3.8, 4) is 6.07 Å². The Hall–Kier alpha value is -1.97. The van der Waals surface area contributed by atoms with Crippen molar-refractivity contribution in [1.82, 2.24) is 15.6 Å². The van der Waals surface area contributed by atoms with E-state index in [-0.39, 0.29) is 18.1 Å². The SMILES string of the molecule is N#Cc1ccc(C(=O)NCC2(O)CNC2)nc1. The number of rotatable bonds is 3. The molecule has 1 aliphatic rings. The largest absolute Gasteiger partial charge is 0.385 e. The number of nitriles is 1. The molecular formula is C11H12N4O2. The van der Waals surface area contributed by atoms with Crippen LogP contribution in [0.25, 0.3) is 0 Å². The van der Waals surface area contributed by atoms with E-state index in [1.807, 2.05) is 6.07 Å². The minimum atomic E-state index is -0.845. The Labute approximate surface area is 98.3 Å². The monoisotopic (exact) mass is 232 g/mol. The molecule has 1 aromatic rings. The fourth-order valence-corrected chi connectivity index (χ4v) is 1.47. The molecule has 0 saturated carbocycles. The second-order valence-electron chi connectivity index (χ2n) is 4.05. The van der Waals surface area contributed by atoms with E-state index in [4.69, 9.17) is 5.26 Å². The van der Waals surface area contributed by atoms with Gasteiger partial charge in [0, 0.05) is 25.8 Å². The van der Waals surface area contributed by atoms with Gasteiger partial charge in [-0.15, -0.1) is 0 Å². The molecule has 0 spiro atoms. The van der Waals surface area contributed by atoms with E-state index in [9.17, 15) is 9.90 Å². The van der Waals surface area contributed by atoms with E-state index >= 15 is 0 Å². The molecule has 0 aliphatic carbocycles. The first-order valence-corrected chi connectivity index (χ1v) is 5.20. The number of carbonyl (C=O) groups excluding carboxylic acids is 1. The molecule has 0 unspecified atom stereocenters. The van der Waals surface area contributed by atoms with Gasteiger partial charge < -0.3 is 15.7 Å². The molecule has 0 aromatic carbocycles. The Morgan fingerprint density at radius 2 is 2.41 bits per heavy atom. The lowest BCUT2D eigenvalue weighted by atomic mass is 9.97. The van der Waals surface area contributed by atoms with Crippen LogP contribution in [0.4, 0.5) is 0 Å². The van der Waals surface area contributed by atoms with E-state index in [2.05, 4.69) is 15.6 Å². The van der Waals surface area contributed by atoms with Gasteiger partial charge in [-0.1, -0.05) is 0 Å². The van der Waals surface area contributed by atoms with Crippen molar-refractivity contribution in [1.29, 1.82) is 5.26 Å². The quantitative estimate of drug-likeness (QED) is 0.622. The molecule has 1 aliphatic heterocycles. The van der Waals surface area contributed by atoms with Crippen molar-refractivity contribution in [2.45, 2.75) is 5.60 Å². The van der Waals surface area contributed by atoms with Crippen LogP contribution in [-0.4, -0.2) is 41.2 Å². The highest BCUT2D eigenvalue weighted by Gasteiger charge is 2.34. The summed E-state index contributed by atoms with van der Waals surface area (Å²) in [6.45, 7) is 1.16. The van der Waals surface area contributed by atoms with Crippen LogP contribution in [0.2, 0.25) is 0 Å². The molecule has 88 valence electrons. The van der Waals surface area contributed by atoms with E-state index < -0.39 is 5.60 Å². The van der Waals surface area contributed by atoms with Gasteiger partial charge in [-0.25, -0.2) is 4.98 Å². The lowest BCUT2D eigenvalue weighted by molar-refractivity contribution is -0.00763. The Morgan fingerprint density at radius 1 is 1.65 bits per heavy atom. The highest BCUT2D eigenvalue weighted by Crippen LogP contribution is 2.08. The summed E-state index contributed by atoms with van der Waals surface area (Å²) in [5, 5.41) is 23.9. The summed E-state index contributed by atoms with van der Waals surface area (Å²) in [4.78, 5) is 15.5. The third kappa shape index (κ3) is 2.58. The van der Waals surface area contributed by atoms with Crippen LogP contribution in [0.1, 0.15) is 16.1 Å². The summed E-state index contributed by atoms with van der Waals surface area (Å²) in [6.07, 6.45) is 1.34. The number of nitrogens with zero attached hydrogens (tertiary/aromatic N) is 2. The van der Waals surface area contributed by atoms with Gasteiger partial charge in [0.15, 0.2) is 0 Å². The topological polar surface area (TPSA) is 98.0 Å². The molecule has 3 N–H and O–H groups in total.